The zero-order valence-electron chi connectivity index (χ0n) is 7.92. The predicted molar refractivity (Wildman–Crippen MR) is 48.1 cm³/mol. The van der Waals surface area contributed by atoms with Gasteiger partial charge in [-0.15, -0.1) is 10.2 Å². The second kappa shape index (κ2) is 3.05. The fraction of sp³-hybridized carbons (Fsp3) is 0.625. The van der Waals surface area contributed by atoms with Crippen molar-refractivity contribution in [1.29, 1.82) is 0 Å². The average Bonchev–Trinajstić information content (AvgIpc) is 2.03. The molecule has 0 fully saturated rings. The van der Waals surface area contributed by atoms with Crippen molar-refractivity contribution in [2.24, 2.45) is 0 Å². The summed E-state index contributed by atoms with van der Waals surface area (Å²) in [7, 11) is 1.83. The first-order chi connectivity index (χ1) is 5.55. The Bertz CT molecular complexity index is 264. The molecular formula is C8H14N4. The van der Waals surface area contributed by atoms with Crippen molar-refractivity contribution in [3.05, 3.63) is 12.0 Å². The van der Waals surface area contributed by atoms with E-state index in [0.717, 1.165) is 11.5 Å². The number of nitrogens with one attached hydrogen (secondary N) is 1. The van der Waals surface area contributed by atoms with Crippen molar-refractivity contribution in [2.45, 2.75) is 26.2 Å². The molecule has 0 aliphatic carbocycles. The number of aromatic nitrogens is 3. The van der Waals surface area contributed by atoms with E-state index in [1.54, 1.807) is 0 Å². The summed E-state index contributed by atoms with van der Waals surface area (Å²) in [5.41, 5.74) is 0.882. The summed E-state index contributed by atoms with van der Waals surface area (Å²) in [5, 5.41) is 10.8. The molecule has 0 saturated heterocycles. The second-order valence-corrected chi connectivity index (χ2v) is 3.66. The second-order valence-electron chi connectivity index (χ2n) is 3.66. The normalized spacial score (nSPS) is 11.3. The maximum Gasteiger partial charge on any atom is 0.151 e. The molecule has 0 radical (unpaired) electrons. The minimum atomic E-state index is -0.0143. The highest BCUT2D eigenvalue weighted by atomic mass is 15.2. The lowest BCUT2D eigenvalue weighted by Crippen LogP contribution is -2.17. The van der Waals surface area contributed by atoms with Crippen LogP contribution in [0.4, 0.5) is 5.82 Å². The maximum absolute atomic E-state index is 4.08. The van der Waals surface area contributed by atoms with Gasteiger partial charge in [-0.25, -0.2) is 4.98 Å². The van der Waals surface area contributed by atoms with Crippen molar-refractivity contribution in [1.82, 2.24) is 15.2 Å². The monoisotopic (exact) mass is 166 g/mol. The Labute approximate surface area is 72.4 Å². The zero-order valence-corrected chi connectivity index (χ0v) is 7.92. The van der Waals surface area contributed by atoms with E-state index in [9.17, 15) is 0 Å². The Kier molecular flexibility index (Phi) is 2.26. The van der Waals surface area contributed by atoms with Gasteiger partial charge < -0.3 is 5.32 Å². The first kappa shape index (κ1) is 8.90. The molecule has 4 heteroatoms. The Morgan fingerprint density at radius 1 is 1.33 bits per heavy atom. The van der Waals surface area contributed by atoms with Crippen molar-refractivity contribution in [3.63, 3.8) is 0 Å². The van der Waals surface area contributed by atoms with Gasteiger partial charge in [-0.1, -0.05) is 20.8 Å². The summed E-state index contributed by atoms with van der Waals surface area (Å²) in [6.07, 6.45) is 1.45. The van der Waals surface area contributed by atoms with E-state index in [4.69, 9.17) is 0 Å². The van der Waals surface area contributed by atoms with Crippen LogP contribution in [0.15, 0.2) is 6.33 Å². The highest BCUT2D eigenvalue weighted by molar-refractivity contribution is 5.41. The van der Waals surface area contributed by atoms with Crippen molar-refractivity contribution in [2.75, 3.05) is 12.4 Å². The summed E-state index contributed by atoms with van der Waals surface area (Å²) < 4.78 is 0. The van der Waals surface area contributed by atoms with Crippen LogP contribution >= 0.6 is 0 Å². The van der Waals surface area contributed by atoms with Gasteiger partial charge >= 0.3 is 0 Å². The molecule has 0 saturated carbocycles. The molecule has 0 spiro atoms. The molecule has 1 aromatic rings. The van der Waals surface area contributed by atoms with Crippen LogP contribution in [0, 0.1) is 0 Å². The Morgan fingerprint density at radius 2 is 2.00 bits per heavy atom. The van der Waals surface area contributed by atoms with Gasteiger partial charge in [-0.05, 0) is 0 Å². The predicted octanol–water partition coefficient (Wildman–Crippen LogP) is 1.21. The Morgan fingerprint density at radius 3 is 2.42 bits per heavy atom. The van der Waals surface area contributed by atoms with E-state index in [1.165, 1.54) is 6.33 Å². The SMILES string of the molecule is CNc1ncnnc1C(C)(C)C. The fourth-order valence-electron chi connectivity index (χ4n) is 0.964. The summed E-state index contributed by atoms with van der Waals surface area (Å²) in [5.74, 6) is 0.803. The average molecular weight is 166 g/mol. The first-order valence-electron chi connectivity index (χ1n) is 3.91. The number of nitrogens with zero attached hydrogens (tertiary/aromatic N) is 3. The van der Waals surface area contributed by atoms with Crippen molar-refractivity contribution < 1.29 is 0 Å². The topological polar surface area (TPSA) is 50.7 Å². The highest BCUT2D eigenvalue weighted by Crippen LogP contribution is 2.24. The largest absolute Gasteiger partial charge is 0.372 e. The lowest BCUT2D eigenvalue weighted by Gasteiger charge is -2.18. The molecular weight excluding hydrogens is 152 g/mol. The first-order valence-corrected chi connectivity index (χ1v) is 3.91. The lowest BCUT2D eigenvalue weighted by molar-refractivity contribution is 0.556. The molecule has 0 aliphatic rings. The molecule has 66 valence electrons. The third kappa shape index (κ3) is 1.69. The smallest absolute Gasteiger partial charge is 0.151 e. The maximum atomic E-state index is 4.08. The molecule has 1 heterocycles. The molecule has 0 aromatic carbocycles. The summed E-state index contributed by atoms with van der Waals surface area (Å²) in [6.45, 7) is 6.25. The minimum absolute atomic E-state index is 0.0143. The van der Waals surface area contributed by atoms with Crippen LogP contribution in [0.3, 0.4) is 0 Å². The third-order valence-corrected chi connectivity index (χ3v) is 1.57. The van der Waals surface area contributed by atoms with Crippen LogP contribution in [0.25, 0.3) is 0 Å². The molecule has 0 aliphatic heterocycles. The van der Waals surface area contributed by atoms with Crippen LogP contribution in [0.5, 0.6) is 0 Å². The van der Waals surface area contributed by atoms with E-state index in [2.05, 4.69) is 41.3 Å². The van der Waals surface area contributed by atoms with Gasteiger partial charge in [-0.3, -0.25) is 0 Å². The highest BCUT2D eigenvalue weighted by Gasteiger charge is 2.20. The van der Waals surface area contributed by atoms with Gasteiger partial charge in [0, 0.05) is 12.5 Å². The third-order valence-electron chi connectivity index (χ3n) is 1.57. The van der Waals surface area contributed by atoms with Gasteiger partial charge in [0.15, 0.2) is 5.82 Å². The van der Waals surface area contributed by atoms with E-state index in [-0.39, 0.29) is 5.41 Å². The van der Waals surface area contributed by atoms with E-state index < -0.39 is 0 Å². The minimum Gasteiger partial charge on any atom is -0.372 e. The van der Waals surface area contributed by atoms with Gasteiger partial charge in [0.2, 0.25) is 0 Å². The fourth-order valence-corrected chi connectivity index (χ4v) is 0.964. The Balaban J connectivity index is 3.14. The van der Waals surface area contributed by atoms with Crippen LogP contribution in [0.2, 0.25) is 0 Å². The lowest BCUT2D eigenvalue weighted by atomic mass is 9.92. The van der Waals surface area contributed by atoms with Gasteiger partial charge in [0.25, 0.3) is 0 Å². The summed E-state index contributed by atoms with van der Waals surface area (Å²) in [4.78, 5) is 4.08. The number of hydrogen-bond acceptors (Lipinski definition) is 4. The van der Waals surface area contributed by atoms with Crippen molar-refractivity contribution >= 4 is 5.82 Å². The van der Waals surface area contributed by atoms with Gasteiger partial charge in [0.1, 0.15) is 12.0 Å². The molecule has 0 atom stereocenters. The zero-order chi connectivity index (χ0) is 9.19. The molecule has 1 aromatic heterocycles. The van der Waals surface area contributed by atoms with Gasteiger partial charge in [-0.2, -0.15) is 0 Å². The number of anilines is 1. The standard InChI is InChI=1S/C8H14N4/c1-8(2,3)6-7(9-4)10-5-11-12-6/h5H,1-4H3,(H,9,10,11). The Hall–Kier alpha value is -1.19. The molecule has 0 amide bonds. The quantitative estimate of drug-likeness (QED) is 0.681. The van der Waals surface area contributed by atoms with E-state index >= 15 is 0 Å². The number of hydrogen-bond donors (Lipinski definition) is 1. The van der Waals surface area contributed by atoms with Crippen molar-refractivity contribution in [3.8, 4) is 0 Å². The molecule has 4 nitrogen and oxygen atoms in total. The molecule has 12 heavy (non-hydrogen) atoms. The van der Waals surface area contributed by atoms with Crippen LogP contribution in [-0.4, -0.2) is 22.2 Å². The van der Waals surface area contributed by atoms with E-state index in [1.807, 2.05) is 7.05 Å². The summed E-state index contributed by atoms with van der Waals surface area (Å²) >= 11 is 0. The van der Waals surface area contributed by atoms with Gasteiger partial charge in [0.05, 0.1) is 0 Å². The molecule has 0 bridgehead atoms. The number of rotatable bonds is 1. The molecule has 1 N–H and O–H groups in total. The van der Waals surface area contributed by atoms with Crippen LogP contribution in [0.1, 0.15) is 26.5 Å². The molecule has 0 unspecified atom stereocenters. The molecule has 1 rings (SSSR count). The van der Waals surface area contributed by atoms with Crippen LogP contribution in [-0.2, 0) is 5.41 Å². The summed E-state index contributed by atoms with van der Waals surface area (Å²) in [6, 6.07) is 0. The van der Waals surface area contributed by atoms with Crippen LogP contribution < -0.4 is 5.32 Å². The van der Waals surface area contributed by atoms with E-state index in [0.29, 0.717) is 0 Å².